The normalized spacial score (nSPS) is 16.1. The molecular formula is C22H43N3O3. The average Bonchev–Trinajstić information content (AvgIpc) is 2.63. The van der Waals surface area contributed by atoms with Gasteiger partial charge in [-0.25, -0.2) is 0 Å². The SMILES string of the molecule is CCNC(=NCCCCCCC(=O)OC(C)(C)C)N(C)CCC1CCOCC1. The van der Waals surface area contributed by atoms with Crippen LogP contribution in [0.5, 0.6) is 0 Å². The van der Waals surface area contributed by atoms with Crippen LogP contribution in [0, 0.1) is 5.92 Å². The molecule has 6 heteroatoms. The van der Waals surface area contributed by atoms with Crippen molar-refractivity contribution in [3.05, 3.63) is 0 Å². The molecule has 0 amide bonds. The van der Waals surface area contributed by atoms with Gasteiger partial charge in [0.05, 0.1) is 0 Å². The summed E-state index contributed by atoms with van der Waals surface area (Å²) in [6.45, 7) is 12.4. The van der Waals surface area contributed by atoms with Crippen molar-refractivity contribution in [1.29, 1.82) is 0 Å². The van der Waals surface area contributed by atoms with Crippen LogP contribution in [-0.2, 0) is 14.3 Å². The molecule has 0 saturated carbocycles. The molecule has 0 atom stereocenters. The summed E-state index contributed by atoms with van der Waals surface area (Å²) >= 11 is 0. The van der Waals surface area contributed by atoms with E-state index in [9.17, 15) is 4.79 Å². The van der Waals surface area contributed by atoms with E-state index in [1.54, 1.807) is 0 Å². The minimum atomic E-state index is -0.384. The smallest absolute Gasteiger partial charge is 0.306 e. The molecule has 1 N–H and O–H groups in total. The lowest BCUT2D eigenvalue weighted by Crippen LogP contribution is -2.40. The summed E-state index contributed by atoms with van der Waals surface area (Å²) in [4.78, 5) is 18.7. The number of nitrogens with one attached hydrogen (secondary N) is 1. The summed E-state index contributed by atoms with van der Waals surface area (Å²) in [6.07, 6.45) is 8.17. The summed E-state index contributed by atoms with van der Waals surface area (Å²) in [5.74, 6) is 1.69. The van der Waals surface area contributed by atoms with E-state index in [4.69, 9.17) is 14.5 Å². The van der Waals surface area contributed by atoms with Crippen LogP contribution in [-0.4, -0.2) is 62.3 Å². The monoisotopic (exact) mass is 397 g/mol. The van der Waals surface area contributed by atoms with Gasteiger partial charge in [-0.1, -0.05) is 12.8 Å². The minimum Gasteiger partial charge on any atom is -0.460 e. The van der Waals surface area contributed by atoms with Crippen molar-refractivity contribution in [2.75, 3.05) is 39.9 Å². The third kappa shape index (κ3) is 12.2. The fraction of sp³-hybridized carbons (Fsp3) is 0.909. The van der Waals surface area contributed by atoms with Crippen molar-refractivity contribution in [3.8, 4) is 0 Å². The maximum Gasteiger partial charge on any atom is 0.306 e. The van der Waals surface area contributed by atoms with E-state index in [2.05, 4.69) is 24.2 Å². The Kier molecular flexibility index (Phi) is 12.2. The number of esters is 1. The highest BCUT2D eigenvalue weighted by atomic mass is 16.6. The van der Waals surface area contributed by atoms with Crippen LogP contribution in [0.3, 0.4) is 0 Å². The van der Waals surface area contributed by atoms with Gasteiger partial charge in [0.15, 0.2) is 5.96 Å². The highest BCUT2D eigenvalue weighted by Gasteiger charge is 2.16. The molecule has 164 valence electrons. The Hall–Kier alpha value is -1.30. The molecule has 0 unspecified atom stereocenters. The standard InChI is InChI=1S/C22H43N3O3/c1-6-23-21(25(5)16-12-19-13-17-27-18-14-19)24-15-10-8-7-9-11-20(26)28-22(2,3)4/h19H,6-18H2,1-5H3,(H,23,24). The van der Waals surface area contributed by atoms with Gasteiger partial charge in [0.25, 0.3) is 0 Å². The molecule has 0 spiro atoms. The molecule has 0 aromatic rings. The number of hydrogen-bond donors (Lipinski definition) is 1. The van der Waals surface area contributed by atoms with Crippen molar-refractivity contribution in [2.24, 2.45) is 10.9 Å². The van der Waals surface area contributed by atoms with Gasteiger partial charge in [-0.3, -0.25) is 9.79 Å². The maximum atomic E-state index is 11.7. The third-order valence-electron chi connectivity index (χ3n) is 4.88. The van der Waals surface area contributed by atoms with Gasteiger partial charge >= 0.3 is 5.97 Å². The first kappa shape index (κ1) is 24.7. The zero-order chi connectivity index (χ0) is 20.8. The summed E-state index contributed by atoms with van der Waals surface area (Å²) in [5.41, 5.74) is -0.384. The van der Waals surface area contributed by atoms with Gasteiger partial charge in [0.2, 0.25) is 0 Å². The molecule has 0 radical (unpaired) electrons. The number of aliphatic imine (C=N–C) groups is 1. The largest absolute Gasteiger partial charge is 0.460 e. The second kappa shape index (κ2) is 13.8. The number of nitrogens with zero attached hydrogens (tertiary/aromatic N) is 2. The minimum absolute atomic E-state index is 0.0916. The summed E-state index contributed by atoms with van der Waals surface area (Å²) < 4.78 is 10.8. The highest BCUT2D eigenvalue weighted by Crippen LogP contribution is 2.18. The molecule has 0 bridgehead atoms. The number of carbonyl (C=O) groups is 1. The Bertz CT molecular complexity index is 454. The van der Waals surface area contributed by atoms with Crippen LogP contribution in [0.2, 0.25) is 0 Å². The molecule has 0 aromatic heterocycles. The molecule has 28 heavy (non-hydrogen) atoms. The van der Waals surface area contributed by atoms with Gasteiger partial charge in [0, 0.05) is 46.3 Å². The number of hydrogen-bond acceptors (Lipinski definition) is 4. The first-order valence-electron chi connectivity index (χ1n) is 11.1. The lowest BCUT2D eigenvalue weighted by Gasteiger charge is -2.26. The number of unbranched alkanes of at least 4 members (excludes halogenated alkanes) is 3. The first-order valence-corrected chi connectivity index (χ1v) is 11.1. The molecule has 6 nitrogen and oxygen atoms in total. The topological polar surface area (TPSA) is 63.2 Å². The van der Waals surface area contributed by atoms with Gasteiger partial charge in [-0.05, 0) is 65.7 Å². The van der Waals surface area contributed by atoms with Gasteiger partial charge in [0.1, 0.15) is 5.60 Å². The predicted octanol–water partition coefficient (Wildman–Crippen LogP) is 3.99. The Labute approximate surface area is 172 Å². The van der Waals surface area contributed by atoms with Gasteiger partial charge < -0.3 is 19.7 Å². The fourth-order valence-electron chi connectivity index (χ4n) is 3.30. The van der Waals surface area contributed by atoms with Crippen LogP contribution < -0.4 is 5.32 Å². The Morgan fingerprint density at radius 3 is 2.50 bits per heavy atom. The van der Waals surface area contributed by atoms with Crippen LogP contribution in [0.15, 0.2) is 4.99 Å². The van der Waals surface area contributed by atoms with E-state index in [0.29, 0.717) is 6.42 Å². The number of rotatable bonds is 11. The second-order valence-electron chi connectivity index (χ2n) is 8.75. The number of ether oxygens (including phenoxy) is 2. The van der Waals surface area contributed by atoms with Crippen molar-refractivity contribution >= 4 is 11.9 Å². The van der Waals surface area contributed by atoms with E-state index in [1.807, 2.05) is 20.8 Å². The van der Waals surface area contributed by atoms with Crippen molar-refractivity contribution in [1.82, 2.24) is 10.2 Å². The second-order valence-corrected chi connectivity index (χ2v) is 8.75. The molecule has 0 aromatic carbocycles. The first-order chi connectivity index (χ1) is 13.3. The van der Waals surface area contributed by atoms with E-state index >= 15 is 0 Å². The third-order valence-corrected chi connectivity index (χ3v) is 4.88. The molecule has 1 heterocycles. The highest BCUT2D eigenvalue weighted by molar-refractivity contribution is 5.79. The Morgan fingerprint density at radius 2 is 1.86 bits per heavy atom. The predicted molar refractivity (Wildman–Crippen MR) is 116 cm³/mol. The fourth-order valence-corrected chi connectivity index (χ4v) is 3.30. The zero-order valence-corrected chi connectivity index (χ0v) is 18.9. The number of carbonyl (C=O) groups excluding carboxylic acids is 1. The summed E-state index contributed by atoms with van der Waals surface area (Å²) in [6, 6.07) is 0. The van der Waals surface area contributed by atoms with E-state index in [-0.39, 0.29) is 11.6 Å². The molecule has 1 aliphatic heterocycles. The lowest BCUT2D eigenvalue weighted by molar-refractivity contribution is -0.154. The average molecular weight is 398 g/mol. The molecule has 1 fully saturated rings. The molecular weight excluding hydrogens is 354 g/mol. The van der Waals surface area contributed by atoms with Crippen molar-refractivity contribution in [2.45, 2.75) is 84.7 Å². The maximum absolute atomic E-state index is 11.7. The van der Waals surface area contributed by atoms with Crippen molar-refractivity contribution < 1.29 is 14.3 Å². The van der Waals surface area contributed by atoms with E-state index in [1.165, 1.54) is 19.3 Å². The Balaban J connectivity index is 2.19. The van der Waals surface area contributed by atoms with Gasteiger partial charge in [-0.15, -0.1) is 0 Å². The van der Waals surface area contributed by atoms with Crippen LogP contribution in [0.4, 0.5) is 0 Å². The van der Waals surface area contributed by atoms with Crippen LogP contribution in [0.25, 0.3) is 0 Å². The van der Waals surface area contributed by atoms with Gasteiger partial charge in [-0.2, -0.15) is 0 Å². The van der Waals surface area contributed by atoms with Crippen molar-refractivity contribution in [3.63, 3.8) is 0 Å². The summed E-state index contributed by atoms with van der Waals surface area (Å²) in [7, 11) is 2.13. The number of guanidine groups is 1. The summed E-state index contributed by atoms with van der Waals surface area (Å²) in [5, 5.41) is 3.40. The molecule has 1 rings (SSSR count). The van der Waals surface area contributed by atoms with Crippen LogP contribution >= 0.6 is 0 Å². The quantitative estimate of drug-likeness (QED) is 0.247. The molecule has 1 saturated heterocycles. The molecule has 0 aliphatic carbocycles. The van der Waals surface area contributed by atoms with Crippen LogP contribution in [0.1, 0.15) is 79.1 Å². The van der Waals surface area contributed by atoms with E-state index in [0.717, 1.165) is 70.4 Å². The zero-order valence-electron chi connectivity index (χ0n) is 18.9. The Morgan fingerprint density at radius 1 is 1.18 bits per heavy atom. The molecule has 1 aliphatic rings. The van der Waals surface area contributed by atoms with E-state index < -0.39 is 0 Å². The lowest BCUT2D eigenvalue weighted by atomic mass is 9.96.